The van der Waals surface area contributed by atoms with Crippen LogP contribution in [0.15, 0.2) is 12.2 Å². The lowest BCUT2D eigenvalue weighted by Gasteiger charge is -2.47. The highest BCUT2D eigenvalue weighted by Crippen LogP contribution is 2.44. The first-order valence-electron chi connectivity index (χ1n) is 35.5. The van der Waals surface area contributed by atoms with Gasteiger partial charge in [-0.2, -0.15) is 0 Å². The Morgan fingerprint density at radius 3 is 1.40 bits per heavy atom. The molecule has 21 nitrogen and oxygen atoms in total. The number of carbonyl (C=O) groups is 2. The first kappa shape index (κ1) is 84.6. The molecule has 0 bridgehead atoms. The fraction of sp³-hybridized carbons (Fsp3) is 0.940. The molecule has 0 aromatic heterocycles. The van der Waals surface area contributed by atoms with Crippen molar-refractivity contribution in [3.8, 4) is 0 Å². The molecule has 12 atom stereocenters. The van der Waals surface area contributed by atoms with Gasteiger partial charge in [-0.3, -0.25) is 18.6 Å². The van der Waals surface area contributed by atoms with Crippen LogP contribution in [0, 0.1) is 0 Å². The van der Waals surface area contributed by atoms with Crippen LogP contribution in [0.2, 0.25) is 0 Å². The van der Waals surface area contributed by atoms with Crippen molar-refractivity contribution in [3.63, 3.8) is 0 Å². The van der Waals surface area contributed by atoms with Crippen molar-refractivity contribution in [1.29, 1.82) is 0 Å². The Morgan fingerprint density at radius 1 is 0.456 bits per heavy atom. The average Bonchev–Trinajstić information content (AvgIpc) is 0.855. The molecule has 12 unspecified atom stereocenters. The Hall–Kier alpha value is -1.46. The van der Waals surface area contributed by atoms with Gasteiger partial charge in [0, 0.05) is 41.0 Å². The van der Waals surface area contributed by atoms with Crippen molar-refractivity contribution >= 4 is 27.5 Å². The Labute approximate surface area is 544 Å². The Morgan fingerprint density at radius 2 is 0.889 bits per heavy atom. The number of nitrogens with one attached hydrogen (secondary N) is 2. The highest BCUT2D eigenvalue weighted by molar-refractivity contribution is 7.46. The molecule has 2 rings (SSSR count). The monoisotopic (exact) mass is 1330 g/mol. The number of hydrogen-bond acceptors (Lipinski definition) is 15. The highest BCUT2D eigenvalue weighted by Gasteiger charge is 2.53. The van der Waals surface area contributed by atoms with E-state index >= 15 is 0 Å². The van der Waals surface area contributed by atoms with E-state index in [-0.39, 0.29) is 38.8 Å². The number of allylic oxidation sites excluding steroid dienone is 2. The first-order chi connectivity index (χ1) is 43.4. The number of aliphatic hydroxyl groups excluding tert-OH is 1. The Bertz CT molecular complexity index is 1870. The third-order valence-corrected chi connectivity index (χ3v) is 18.3. The quantitative estimate of drug-likeness (QED) is 0.0169. The summed E-state index contributed by atoms with van der Waals surface area (Å²) in [5.74, 6) is -0.939. The molecule has 2 aliphatic heterocycles. The predicted octanol–water partition coefficient (Wildman–Crippen LogP) is 14.1. The van der Waals surface area contributed by atoms with Crippen LogP contribution in [0.3, 0.4) is 0 Å². The van der Waals surface area contributed by atoms with Gasteiger partial charge in [0.1, 0.15) is 48.7 Å². The third kappa shape index (κ3) is 40.8. The third-order valence-electron chi connectivity index (χ3n) is 17.3. The summed E-state index contributed by atoms with van der Waals surface area (Å²) in [6, 6.07) is -2.72. The smallest absolute Gasteiger partial charge is 0.388 e. The minimum Gasteiger partial charge on any atom is -0.388 e. The molecule has 23 heteroatoms. The molecule has 0 saturated carbocycles. The van der Waals surface area contributed by atoms with Crippen molar-refractivity contribution in [2.24, 2.45) is 0 Å². The second kappa shape index (κ2) is 53.7. The fourth-order valence-electron chi connectivity index (χ4n) is 12.0. The second-order valence-corrected chi connectivity index (χ2v) is 27.6. The number of aliphatic hydroxyl groups is 1. The lowest BCUT2D eigenvalue weighted by Crippen LogP contribution is -2.67. The molecule has 0 spiro atoms. The maximum atomic E-state index is 14.2. The van der Waals surface area contributed by atoms with Crippen LogP contribution in [0.4, 0.5) is 0 Å². The largest absolute Gasteiger partial charge is 0.472 e. The van der Waals surface area contributed by atoms with E-state index in [1.54, 1.807) is 7.11 Å². The zero-order valence-corrected chi connectivity index (χ0v) is 58.8. The van der Waals surface area contributed by atoms with Gasteiger partial charge in [-0.05, 0) is 57.8 Å². The number of phosphoric acid groups is 2. The van der Waals surface area contributed by atoms with Crippen LogP contribution in [-0.2, 0) is 65.7 Å². The van der Waals surface area contributed by atoms with Gasteiger partial charge in [0.2, 0.25) is 11.8 Å². The number of rotatable bonds is 60. The van der Waals surface area contributed by atoms with E-state index in [1.807, 2.05) is 0 Å². The van der Waals surface area contributed by atoms with E-state index in [2.05, 4.69) is 50.5 Å². The molecule has 90 heavy (non-hydrogen) atoms. The molecular weight excluding hydrogens is 1200 g/mol. The zero-order valence-electron chi connectivity index (χ0n) is 57.0. The van der Waals surface area contributed by atoms with Crippen molar-refractivity contribution < 1.29 is 90.3 Å². The molecule has 0 radical (unpaired) electrons. The Kier molecular flexibility index (Phi) is 50.5. The summed E-state index contributed by atoms with van der Waals surface area (Å²) in [5, 5.41) is 18.2. The summed E-state index contributed by atoms with van der Waals surface area (Å²) >= 11 is 0. The van der Waals surface area contributed by atoms with E-state index < -0.39 is 101 Å². The summed E-state index contributed by atoms with van der Waals surface area (Å²) in [5.41, 5.74) is 0. The van der Waals surface area contributed by atoms with E-state index in [1.165, 1.54) is 78.4 Å². The van der Waals surface area contributed by atoms with Crippen LogP contribution in [0.5, 0.6) is 0 Å². The summed E-state index contributed by atoms with van der Waals surface area (Å²) in [4.78, 5) is 69.5. The molecule has 532 valence electrons. The SMILES string of the molecule is CCCCCC/C=C/CCCCCCCCCC(=O)NC1C(OCC2OC(OP(=O)(O)O)C(NC(=O)CC(CCCCCCCCCCC)OC)C(OCCCCCCCCCC)C2O)OC(COC)C(OP(=O)(O)O)C1OCCC(CCCCCCC)OC. The fourth-order valence-corrected chi connectivity index (χ4v) is 13.0. The normalized spacial score (nSPS) is 23.2. The molecule has 2 fully saturated rings. The number of ether oxygens (including phenoxy) is 8. The van der Waals surface area contributed by atoms with E-state index in [4.69, 9.17) is 46.9 Å². The number of amides is 2. The zero-order chi connectivity index (χ0) is 66.1. The van der Waals surface area contributed by atoms with Crippen molar-refractivity contribution in [2.45, 2.75) is 358 Å². The van der Waals surface area contributed by atoms with Gasteiger partial charge in [0.05, 0.1) is 31.8 Å². The number of unbranched alkanes of at least 4 members (excludes halogenated alkanes) is 30. The van der Waals surface area contributed by atoms with Crippen molar-refractivity contribution in [2.75, 3.05) is 47.8 Å². The topological polar surface area (TPSA) is 286 Å². The molecular formula is C67H130N2O19P2. The number of phosphoric ester groups is 2. The van der Waals surface area contributed by atoms with Gasteiger partial charge >= 0.3 is 15.6 Å². The summed E-state index contributed by atoms with van der Waals surface area (Å²) in [6.45, 7) is 8.06. The van der Waals surface area contributed by atoms with Crippen LogP contribution in [0.1, 0.15) is 285 Å². The molecule has 2 aliphatic rings. The molecule has 7 N–H and O–H groups in total. The van der Waals surface area contributed by atoms with E-state index in [0.29, 0.717) is 25.7 Å². The average molecular weight is 1330 g/mol. The second-order valence-electron chi connectivity index (χ2n) is 25.2. The molecule has 2 heterocycles. The van der Waals surface area contributed by atoms with Gasteiger partial charge in [-0.25, -0.2) is 9.13 Å². The van der Waals surface area contributed by atoms with Crippen LogP contribution in [0.25, 0.3) is 0 Å². The molecule has 0 aromatic rings. The van der Waals surface area contributed by atoms with E-state index in [0.717, 1.165) is 154 Å². The Balaban J connectivity index is 2.47. The minimum atomic E-state index is -5.36. The summed E-state index contributed by atoms with van der Waals surface area (Å²) in [7, 11) is -6.08. The van der Waals surface area contributed by atoms with Crippen LogP contribution >= 0.6 is 15.6 Å². The molecule has 2 saturated heterocycles. The van der Waals surface area contributed by atoms with Crippen molar-refractivity contribution in [1.82, 2.24) is 10.6 Å². The van der Waals surface area contributed by atoms with Gasteiger partial charge < -0.3 is 73.2 Å². The predicted molar refractivity (Wildman–Crippen MR) is 353 cm³/mol. The van der Waals surface area contributed by atoms with Gasteiger partial charge in [-0.15, -0.1) is 0 Å². The molecule has 0 aliphatic carbocycles. The van der Waals surface area contributed by atoms with Crippen LogP contribution in [-0.4, -0.2) is 158 Å². The molecule has 2 amide bonds. The summed E-state index contributed by atoms with van der Waals surface area (Å²) in [6.07, 6.45) is 31.4. The lowest BCUT2D eigenvalue weighted by molar-refractivity contribution is -0.301. The van der Waals surface area contributed by atoms with Crippen molar-refractivity contribution in [3.05, 3.63) is 12.2 Å². The van der Waals surface area contributed by atoms with Gasteiger partial charge in [0.15, 0.2) is 12.6 Å². The maximum absolute atomic E-state index is 14.2. The maximum Gasteiger partial charge on any atom is 0.472 e. The number of carbonyl (C=O) groups excluding carboxylic acids is 2. The number of hydrogen-bond donors (Lipinski definition) is 7. The molecule has 0 aromatic carbocycles. The standard InChI is InChI=1S/C67H130N2O19P2/c1-8-12-16-20-23-26-27-28-29-30-31-33-35-39-43-47-58(70)68-61-65(83-50-48-54(80-6)45-41-37-19-15-11-4)63(87-89(73,74)75)57(52-79-5)86-66(61)84-53-56-62(72)64(82-49-44-40-36-25-22-18-14-10-3)60(67(85-56)88-90(76,77)78)69-59(71)51-55(81-7)46-42-38-34-32-24-21-17-13-9-2/h26-27,54-57,60-67,72H,8-25,28-53H2,1-7H3,(H,68,70)(H,69,71)(H2,73,74,75)(H2,76,77,78)/b27-26+. The minimum absolute atomic E-state index is 0.0223. The van der Waals surface area contributed by atoms with Crippen LogP contribution < -0.4 is 10.6 Å². The summed E-state index contributed by atoms with van der Waals surface area (Å²) < 4.78 is 85.5. The highest BCUT2D eigenvalue weighted by atomic mass is 31.2. The van der Waals surface area contributed by atoms with Gasteiger partial charge in [0.25, 0.3) is 0 Å². The van der Waals surface area contributed by atoms with Gasteiger partial charge in [-0.1, -0.05) is 226 Å². The lowest BCUT2D eigenvalue weighted by atomic mass is 9.95. The number of methoxy groups -OCH3 is 3. The first-order valence-corrected chi connectivity index (χ1v) is 38.6. The van der Waals surface area contributed by atoms with E-state index in [9.17, 15) is 43.4 Å².